The second kappa shape index (κ2) is 6.58. The highest BCUT2D eigenvalue weighted by atomic mass is 16.3. The maximum atomic E-state index is 5.89. The van der Waals surface area contributed by atoms with E-state index in [2.05, 4.69) is 44.0 Å². The summed E-state index contributed by atoms with van der Waals surface area (Å²) in [6.07, 6.45) is 1.33. The van der Waals surface area contributed by atoms with Gasteiger partial charge in [0.1, 0.15) is 11.5 Å². The molecule has 1 fully saturated rings. The number of furan rings is 1. The third kappa shape index (κ3) is 3.83. The van der Waals surface area contributed by atoms with E-state index in [1.165, 1.54) is 25.1 Å². The lowest BCUT2D eigenvalue weighted by Gasteiger charge is -2.16. The summed E-state index contributed by atoms with van der Waals surface area (Å²) in [6.45, 7) is 14.2. The second-order valence-electron chi connectivity index (χ2n) is 6.10. The van der Waals surface area contributed by atoms with Crippen LogP contribution in [0.15, 0.2) is 10.5 Å². The molecule has 1 unspecified atom stereocenters. The van der Waals surface area contributed by atoms with E-state index in [1.807, 2.05) is 0 Å². The van der Waals surface area contributed by atoms with Gasteiger partial charge in [0.2, 0.25) is 0 Å². The number of hydrogen-bond donors (Lipinski definition) is 1. The average molecular weight is 264 g/mol. The summed E-state index contributed by atoms with van der Waals surface area (Å²) >= 11 is 0. The van der Waals surface area contributed by atoms with Crippen molar-refractivity contribution in [2.45, 2.75) is 47.2 Å². The topological polar surface area (TPSA) is 28.4 Å². The molecular formula is C16H28N2O. The lowest BCUT2D eigenvalue weighted by molar-refractivity contribution is 0.271. The molecule has 1 saturated heterocycles. The Balaban J connectivity index is 1.89. The van der Waals surface area contributed by atoms with E-state index in [9.17, 15) is 0 Å². The first kappa shape index (κ1) is 14.6. The van der Waals surface area contributed by atoms with E-state index in [1.54, 1.807) is 0 Å². The summed E-state index contributed by atoms with van der Waals surface area (Å²) in [7, 11) is 0. The van der Waals surface area contributed by atoms with Gasteiger partial charge in [-0.15, -0.1) is 0 Å². The predicted octanol–water partition coefficient (Wildman–Crippen LogP) is 3.18. The standard InChI is InChI=1S/C16H28N2O/c1-5-17-9-15-8-16(19-13(15)4)11-18-7-6-14(10-18)12(2)3/h8,12,14,17H,5-7,9-11H2,1-4H3. The molecular weight excluding hydrogens is 236 g/mol. The van der Waals surface area contributed by atoms with Crippen LogP contribution in [0.25, 0.3) is 0 Å². The molecule has 0 amide bonds. The third-order valence-corrected chi connectivity index (χ3v) is 4.27. The van der Waals surface area contributed by atoms with Gasteiger partial charge < -0.3 is 9.73 Å². The molecule has 1 aliphatic rings. The Morgan fingerprint density at radius 2 is 2.26 bits per heavy atom. The molecule has 1 aromatic rings. The van der Waals surface area contributed by atoms with Crippen LogP contribution >= 0.6 is 0 Å². The number of likely N-dealkylation sites (tertiary alicyclic amines) is 1. The number of nitrogens with zero attached hydrogens (tertiary/aromatic N) is 1. The fraction of sp³-hybridized carbons (Fsp3) is 0.750. The van der Waals surface area contributed by atoms with Crippen LogP contribution in [0, 0.1) is 18.8 Å². The molecule has 0 radical (unpaired) electrons. The summed E-state index contributed by atoms with van der Waals surface area (Å²) in [6, 6.07) is 2.22. The van der Waals surface area contributed by atoms with Crippen LogP contribution in [-0.4, -0.2) is 24.5 Å². The predicted molar refractivity (Wildman–Crippen MR) is 79.0 cm³/mol. The zero-order valence-corrected chi connectivity index (χ0v) is 12.8. The largest absolute Gasteiger partial charge is 0.465 e. The zero-order valence-electron chi connectivity index (χ0n) is 12.8. The summed E-state index contributed by atoms with van der Waals surface area (Å²) in [5.41, 5.74) is 1.30. The Hall–Kier alpha value is -0.800. The van der Waals surface area contributed by atoms with Crippen LogP contribution < -0.4 is 5.32 Å². The van der Waals surface area contributed by atoms with Gasteiger partial charge in [-0.1, -0.05) is 20.8 Å². The molecule has 2 rings (SSSR count). The van der Waals surface area contributed by atoms with Crippen molar-refractivity contribution in [3.05, 3.63) is 23.2 Å². The van der Waals surface area contributed by atoms with Crippen molar-refractivity contribution in [1.82, 2.24) is 10.2 Å². The van der Waals surface area contributed by atoms with Crippen molar-refractivity contribution in [3.8, 4) is 0 Å². The fourth-order valence-corrected chi connectivity index (χ4v) is 2.87. The van der Waals surface area contributed by atoms with E-state index in [0.717, 1.165) is 43.0 Å². The molecule has 0 spiro atoms. The lowest BCUT2D eigenvalue weighted by Crippen LogP contribution is -2.21. The van der Waals surface area contributed by atoms with Crippen molar-refractivity contribution in [3.63, 3.8) is 0 Å². The first-order valence-corrected chi connectivity index (χ1v) is 7.61. The maximum Gasteiger partial charge on any atom is 0.118 e. The molecule has 0 aliphatic carbocycles. The fourth-order valence-electron chi connectivity index (χ4n) is 2.87. The van der Waals surface area contributed by atoms with E-state index in [-0.39, 0.29) is 0 Å². The third-order valence-electron chi connectivity index (χ3n) is 4.27. The minimum Gasteiger partial charge on any atom is -0.465 e. The SMILES string of the molecule is CCNCc1cc(CN2CCC(C(C)C)C2)oc1C. The van der Waals surface area contributed by atoms with Gasteiger partial charge >= 0.3 is 0 Å². The second-order valence-corrected chi connectivity index (χ2v) is 6.10. The Morgan fingerprint density at radius 1 is 1.47 bits per heavy atom. The highest BCUT2D eigenvalue weighted by Crippen LogP contribution is 2.25. The summed E-state index contributed by atoms with van der Waals surface area (Å²) in [5, 5.41) is 3.36. The smallest absolute Gasteiger partial charge is 0.118 e. The molecule has 3 nitrogen and oxygen atoms in total. The van der Waals surface area contributed by atoms with Crippen LogP contribution in [0.3, 0.4) is 0 Å². The Kier molecular flexibility index (Phi) is 5.06. The number of aryl methyl sites for hydroxylation is 1. The summed E-state index contributed by atoms with van der Waals surface area (Å²) in [4.78, 5) is 2.53. The van der Waals surface area contributed by atoms with Gasteiger partial charge in [-0.3, -0.25) is 4.90 Å². The van der Waals surface area contributed by atoms with Gasteiger partial charge in [0.25, 0.3) is 0 Å². The summed E-state index contributed by atoms with van der Waals surface area (Å²) < 4.78 is 5.89. The van der Waals surface area contributed by atoms with Gasteiger partial charge in [-0.2, -0.15) is 0 Å². The van der Waals surface area contributed by atoms with Gasteiger partial charge in [0, 0.05) is 18.7 Å². The van der Waals surface area contributed by atoms with Gasteiger partial charge in [-0.05, 0) is 44.3 Å². The Labute approximate surface area is 117 Å². The quantitative estimate of drug-likeness (QED) is 0.855. The highest BCUT2D eigenvalue weighted by molar-refractivity contribution is 5.20. The molecule has 19 heavy (non-hydrogen) atoms. The minimum absolute atomic E-state index is 0.799. The van der Waals surface area contributed by atoms with E-state index < -0.39 is 0 Å². The Morgan fingerprint density at radius 3 is 2.89 bits per heavy atom. The van der Waals surface area contributed by atoms with Crippen LogP contribution in [0.4, 0.5) is 0 Å². The molecule has 1 aromatic heterocycles. The molecule has 1 aliphatic heterocycles. The first-order valence-electron chi connectivity index (χ1n) is 7.61. The van der Waals surface area contributed by atoms with Crippen LogP contribution in [0.1, 0.15) is 44.3 Å². The number of nitrogens with one attached hydrogen (secondary N) is 1. The monoisotopic (exact) mass is 264 g/mol. The maximum absolute atomic E-state index is 5.89. The number of hydrogen-bond acceptors (Lipinski definition) is 3. The normalized spacial score (nSPS) is 20.6. The molecule has 1 atom stereocenters. The zero-order chi connectivity index (χ0) is 13.8. The van der Waals surface area contributed by atoms with E-state index in [0.29, 0.717) is 0 Å². The van der Waals surface area contributed by atoms with Crippen molar-refractivity contribution >= 4 is 0 Å². The van der Waals surface area contributed by atoms with E-state index >= 15 is 0 Å². The molecule has 108 valence electrons. The van der Waals surface area contributed by atoms with Crippen molar-refractivity contribution < 1.29 is 4.42 Å². The molecule has 0 saturated carbocycles. The van der Waals surface area contributed by atoms with Crippen LogP contribution in [-0.2, 0) is 13.1 Å². The lowest BCUT2D eigenvalue weighted by atomic mass is 9.95. The molecule has 0 aromatic carbocycles. The number of rotatable bonds is 6. The van der Waals surface area contributed by atoms with Gasteiger partial charge in [-0.25, -0.2) is 0 Å². The van der Waals surface area contributed by atoms with Crippen molar-refractivity contribution in [1.29, 1.82) is 0 Å². The summed E-state index contributed by atoms with van der Waals surface area (Å²) in [5.74, 6) is 3.84. The average Bonchev–Trinajstić information content (AvgIpc) is 2.94. The van der Waals surface area contributed by atoms with Crippen molar-refractivity contribution in [2.75, 3.05) is 19.6 Å². The van der Waals surface area contributed by atoms with Crippen molar-refractivity contribution in [2.24, 2.45) is 11.8 Å². The first-order chi connectivity index (χ1) is 9.10. The minimum atomic E-state index is 0.799. The molecule has 0 bridgehead atoms. The van der Waals surface area contributed by atoms with E-state index in [4.69, 9.17) is 4.42 Å². The Bertz CT molecular complexity index is 397. The molecule has 1 N–H and O–H groups in total. The van der Waals surface area contributed by atoms with Crippen LogP contribution in [0.5, 0.6) is 0 Å². The molecule has 3 heteroatoms. The van der Waals surface area contributed by atoms with Gasteiger partial charge in [0.15, 0.2) is 0 Å². The molecule has 2 heterocycles. The highest BCUT2D eigenvalue weighted by Gasteiger charge is 2.25. The van der Waals surface area contributed by atoms with Crippen LogP contribution in [0.2, 0.25) is 0 Å². The van der Waals surface area contributed by atoms with Gasteiger partial charge in [0.05, 0.1) is 6.54 Å².